The average molecular weight is 337 g/mol. The lowest BCUT2D eigenvalue weighted by Gasteiger charge is -2.20. The monoisotopic (exact) mass is 337 g/mol. The molecule has 0 aliphatic rings. The van der Waals surface area contributed by atoms with Crippen LogP contribution in [0.3, 0.4) is 0 Å². The number of carbonyl (C=O) groups excluding carboxylic acids is 1. The van der Waals surface area contributed by atoms with Gasteiger partial charge < -0.3 is 5.32 Å². The Labute approximate surface area is 135 Å². The molecule has 6 heteroatoms. The van der Waals surface area contributed by atoms with Crippen molar-refractivity contribution in [1.29, 1.82) is 0 Å². The number of thiophene rings is 1. The van der Waals surface area contributed by atoms with Crippen LogP contribution in [0.2, 0.25) is 0 Å². The third-order valence-electron chi connectivity index (χ3n) is 3.42. The van der Waals surface area contributed by atoms with E-state index in [-0.39, 0.29) is 17.6 Å². The van der Waals surface area contributed by atoms with Crippen LogP contribution in [0.4, 0.5) is 0 Å². The molecule has 0 bridgehead atoms. The Balaban J connectivity index is 2.18. The number of benzene rings is 1. The average Bonchev–Trinajstić information content (AvgIpc) is 2.99. The summed E-state index contributed by atoms with van der Waals surface area (Å²) in [6.07, 6.45) is 1.18. The zero-order valence-corrected chi connectivity index (χ0v) is 14.2. The molecule has 2 aromatic rings. The lowest BCUT2D eigenvalue weighted by molar-refractivity contribution is -0.122. The quantitative estimate of drug-likeness (QED) is 0.881. The second-order valence-electron chi connectivity index (χ2n) is 5.34. The SMILES string of the molecule is CC(C(=O)NC(CS(C)(=O)=O)c1ccccc1)c1ccsc1. The van der Waals surface area contributed by atoms with Gasteiger partial charge in [0.25, 0.3) is 0 Å². The maximum Gasteiger partial charge on any atom is 0.227 e. The number of hydrogen-bond acceptors (Lipinski definition) is 4. The van der Waals surface area contributed by atoms with Gasteiger partial charge in [-0.05, 0) is 34.9 Å². The smallest absolute Gasteiger partial charge is 0.227 e. The number of amides is 1. The summed E-state index contributed by atoms with van der Waals surface area (Å²) in [4.78, 5) is 12.4. The molecule has 2 unspecified atom stereocenters. The molecule has 1 N–H and O–H groups in total. The number of hydrogen-bond donors (Lipinski definition) is 1. The maximum atomic E-state index is 12.4. The molecule has 0 radical (unpaired) electrons. The third kappa shape index (κ3) is 4.68. The van der Waals surface area contributed by atoms with E-state index in [9.17, 15) is 13.2 Å². The molecule has 118 valence electrons. The minimum Gasteiger partial charge on any atom is -0.348 e. The molecule has 2 rings (SSSR count). The standard InChI is InChI=1S/C16H19NO3S2/c1-12(14-8-9-21-10-14)16(18)17-15(11-22(2,19)20)13-6-4-3-5-7-13/h3-10,12,15H,11H2,1-2H3,(H,17,18). The zero-order valence-electron chi connectivity index (χ0n) is 12.5. The van der Waals surface area contributed by atoms with Gasteiger partial charge in [0.05, 0.1) is 17.7 Å². The first-order valence-corrected chi connectivity index (χ1v) is 9.92. The van der Waals surface area contributed by atoms with Gasteiger partial charge in [-0.3, -0.25) is 4.79 Å². The van der Waals surface area contributed by atoms with E-state index >= 15 is 0 Å². The van der Waals surface area contributed by atoms with E-state index < -0.39 is 15.9 Å². The van der Waals surface area contributed by atoms with Gasteiger partial charge in [-0.2, -0.15) is 11.3 Å². The van der Waals surface area contributed by atoms with Gasteiger partial charge in [-0.15, -0.1) is 0 Å². The summed E-state index contributed by atoms with van der Waals surface area (Å²) in [5, 5.41) is 6.71. The van der Waals surface area contributed by atoms with Crippen LogP contribution in [-0.4, -0.2) is 26.3 Å². The molecule has 2 atom stereocenters. The summed E-state index contributed by atoms with van der Waals surface area (Å²) >= 11 is 1.53. The van der Waals surface area contributed by atoms with Gasteiger partial charge >= 0.3 is 0 Å². The van der Waals surface area contributed by atoms with Crippen molar-refractivity contribution < 1.29 is 13.2 Å². The van der Waals surface area contributed by atoms with Crippen molar-refractivity contribution >= 4 is 27.1 Å². The van der Waals surface area contributed by atoms with Crippen molar-refractivity contribution in [3.63, 3.8) is 0 Å². The van der Waals surface area contributed by atoms with Crippen LogP contribution in [0.1, 0.15) is 30.0 Å². The molecule has 0 spiro atoms. The Morgan fingerprint density at radius 1 is 1.18 bits per heavy atom. The van der Waals surface area contributed by atoms with Crippen LogP contribution in [0, 0.1) is 0 Å². The third-order valence-corrected chi connectivity index (χ3v) is 5.06. The van der Waals surface area contributed by atoms with Crippen LogP contribution in [0.15, 0.2) is 47.2 Å². The Morgan fingerprint density at radius 3 is 2.41 bits per heavy atom. The van der Waals surface area contributed by atoms with Gasteiger partial charge in [0.2, 0.25) is 5.91 Å². The highest BCUT2D eigenvalue weighted by Gasteiger charge is 2.23. The molecule has 1 aromatic heterocycles. The van der Waals surface area contributed by atoms with Crippen LogP contribution >= 0.6 is 11.3 Å². The van der Waals surface area contributed by atoms with Gasteiger partial charge in [0.1, 0.15) is 9.84 Å². The molecule has 4 nitrogen and oxygen atoms in total. The lowest BCUT2D eigenvalue weighted by atomic mass is 10.0. The van der Waals surface area contributed by atoms with Gasteiger partial charge in [0, 0.05) is 6.26 Å². The molecule has 1 amide bonds. The largest absolute Gasteiger partial charge is 0.348 e. The first-order chi connectivity index (χ1) is 10.4. The predicted octanol–water partition coefficient (Wildman–Crippen LogP) is 2.75. The van der Waals surface area contributed by atoms with Gasteiger partial charge in [-0.1, -0.05) is 30.3 Å². The minimum atomic E-state index is -3.21. The highest BCUT2D eigenvalue weighted by atomic mass is 32.2. The van der Waals surface area contributed by atoms with Crippen LogP contribution < -0.4 is 5.32 Å². The summed E-state index contributed by atoms with van der Waals surface area (Å²) < 4.78 is 23.3. The molecule has 1 aromatic carbocycles. The fourth-order valence-electron chi connectivity index (χ4n) is 2.18. The van der Waals surface area contributed by atoms with E-state index in [0.29, 0.717) is 0 Å². The van der Waals surface area contributed by atoms with E-state index in [1.165, 1.54) is 17.6 Å². The normalized spacial score (nSPS) is 14.3. The van der Waals surface area contributed by atoms with Gasteiger partial charge in [-0.25, -0.2) is 8.42 Å². The fraction of sp³-hybridized carbons (Fsp3) is 0.312. The van der Waals surface area contributed by atoms with E-state index in [1.54, 1.807) is 0 Å². The fourth-order valence-corrected chi connectivity index (χ4v) is 3.81. The topological polar surface area (TPSA) is 63.2 Å². The summed E-state index contributed by atoms with van der Waals surface area (Å²) in [6, 6.07) is 10.5. The summed E-state index contributed by atoms with van der Waals surface area (Å²) in [5.41, 5.74) is 1.73. The number of nitrogens with one attached hydrogen (secondary N) is 1. The molecule has 0 saturated carbocycles. The van der Waals surface area contributed by atoms with Crippen molar-refractivity contribution in [3.8, 4) is 0 Å². The summed E-state index contributed by atoms with van der Waals surface area (Å²) in [7, 11) is -3.21. The van der Waals surface area contributed by atoms with E-state index in [1.807, 2.05) is 54.1 Å². The molecule has 0 saturated heterocycles. The minimum absolute atomic E-state index is 0.112. The predicted molar refractivity (Wildman–Crippen MR) is 89.8 cm³/mol. The first-order valence-electron chi connectivity index (χ1n) is 6.92. The first kappa shape index (κ1) is 16.7. The van der Waals surface area contributed by atoms with Crippen molar-refractivity contribution in [2.24, 2.45) is 0 Å². The molecule has 0 aliphatic carbocycles. The Kier molecular flexibility index (Phi) is 5.37. The number of carbonyl (C=O) groups is 1. The summed E-state index contributed by atoms with van der Waals surface area (Å²) in [6.45, 7) is 1.82. The number of sulfone groups is 1. The molecule has 22 heavy (non-hydrogen) atoms. The van der Waals surface area contributed by atoms with Crippen LogP contribution in [-0.2, 0) is 14.6 Å². The second kappa shape index (κ2) is 7.07. The van der Waals surface area contributed by atoms with Crippen molar-refractivity contribution in [3.05, 3.63) is 58.3 Å². The van der Waals surface area contributed by atoms with Gasteiger partial charge in [0.15, 0.2) is 0 Å². The maximum absolute atomic E-state index is 12.4. The van der Waals surface area contributed by atoms with Crippen molar-refractivity contribution in [1.82, 2.24) is 5.32 Å². The number of rotatable bonds is 6. The highest BCUT2D eigenvalue weighted by molar-refractivity contribution is 7.90. The lowest BCUT2D eigenvalue weighted by Crippen LogP contribution is -2.35. The van der Waals surface area contributed by atoms with E-state index in [0.717, 1.165) is 11.1 Å². The van der Waals surface area contributed by atoms with E-state index in [2.05, 4.69) is 5.32 Å². The molecular weight excluding hydrogens is 318 g/mol. The van der Waals surface area contributed by atoms with Crippen molar-refractivity contribution in [2.75, 3.05) is 12.0 Å². The second-order valence-corrected chi connectivity index (χ2v) is 8.31. The van der Waals surface area contributed by atoms with E-state index in [4.69, 9.17) is 0 Å². The zero-order chi connectivity index (χ0) is 16.2. The highest BCUT2D eigenvalue weighted by Crippen LogP contribution is 2.21. The van der Waals surface area contributed by atoms with Crippen LogP contribution in [0.5, 0.6) is 0 Å². The Hall–Kier alpha value is -1.66. The van der Waals surface area contributed by atoms with Crippen LogP contribution in [0.25, 0.3) is 0 Å². The molecule has 0 aliphatic heterocycles. The van der Waals surface area contributed by atoms with Crippen molar-refractivity contribution in [2.45, 2.75) is 18.9 Å². The molecule has 1 heterocycles. The molecular formula is C16H19NO3S2. The Bertz CT molecular complexity index is 709. The summed E-state index contributed by atoms with van der Waals surface area (Å²) in [5.74, 6) is -0.591. The molecule has 0 fully saturated rings. The Morgan fingerprint density at radius 2 is 1.86 bits per heavy atom.